The molecule has 1 rings (SSSR count). The van der Waals surface area contributed by atoms with E-state index in [0.29, 0.717) is 57.9 Å². The van der Waals surface area contributed by atoms with Crippen LogP contribution in [0.4, 0.5) is 0 Å². The number of aliphatic hydroxyl groups is 1. The molecule has 0 aliphatic carbocycles. The van der Waals surface area contributed by atoms with Gasteiger partial charge >= 0.3 is 0 Å². The fourth-order valence-electron chi connectivity index (χ4n) is 3.16. The maximum Gasteiger partial charge on any atom is 0.286 e. The number of allylic oxidation sites excluding steroid dienone is 1. The van der Waals surface area contributed by atoms with Gasteiger partial charge in [-0.1, -0.05) is 13.8 Å². The Labute approximate surface area is 168 Å². The summed E-state index contributed by atoms with van der Waals surface area (Å²) in [6, 6.07) is 0. The number of methoxy groups -OCH3 is 1. The van der Waals surface area contributed by atoms with E-state index in [1.807, 2.05) is 13.0 Å². The fourth-order valence-corrected chi connectivity index (χ4v) is 3.16. The Balaban J connectivity index is 2.68. The van der Waals surface area contributed by atoms with E-state index in [4.69, 9.17) is 28.8 Å². The highest BCUT2D eigenvalue weighted by Crippen LogP contribution is 2.36. The largest absolute Gasteiger partial charge is 0.459 e. The number of amides is 1. The van der Waals surface area contributed by atoms with Gasteiger partial charge in [0.15, 0.2) is 5.76 Å². The van der Waals surface area contributed by atoms with Gasteiger partial charge in [-0.2, -0.15) is 0 Å². The zero-order valence-corrected chi connectivity index (χ0v) is 17.6. The molecular weight excluding hydrogens is 366 g/mol. The Morgan fingerprint density at radius 3 is 2.54 bits per heavy atom. The summed E-state index contributed by atoms with van der Waals surface area (Å²) in [4.78, 5) is 12.4. The number of carbonyl (C=O) groups is 1. The van der Waals surface area contributed by atoms with Gasteiger partial charge in [-0.3, -0.25) is 4.79 Å². The van der Waals surface area contributed by atoms with Crippen LogP contribution in [0.25, 0.3) is 0 Å². The Hall–Kier alpha value is -1.19. The van der Waals surface area contributed by atoms with Crippen molar-refractivity contribution < 1.29 is 33.6 Å². The molecule has 1 aliphatic heterocycles. The van der Waals surface area contributed by atoms with Gasteiger partial charge in [-0.25, -0.2) is 0 Å². The van der Waals surface area contributed by atoms with Crippen molar-refractivity contribution in [2.45, 2.75) is 33.5 Å². The van der Waals surface area contributed by atoms with Gasteiger partial charge in [0.2, 0.25) is 6.29 Å². The zero-order valence-electron chi connectivity index (χ0n) is 17.6. The minimum atomic E-state index is -0.486. The highest BCUT2D eigenvalue weighted by Gasteiger charge is 2.38. The molecule has 0 aromatic carbocycles. The highest BCUT2D eigenvalue weighted by atomic mass is 16.7. The van der Waals surface area contributed by atoms with Gasteiger partial charge in [-0.05, 0) is 31.3 Å². The van der Waals surface area contributed by atoms with Crippen LogP contribution in [0.2, 0.25) is 0 Å². The second kappa shape index (κ2) is 14.8. The second-order valence-corrected chi connectivity index (χ2v) is 6.94. The topological polar surface area (TPSA) is 95.5 Å². The van der Waals surface area contributed by atoms with Crippen molar-refractivity contribution in [3.05, 3.63) is 11.8 Å². The molecule has 8 heteroatoms. The summed E-state index contributed by atoms with van der Waals surface area (Å²) >= 11 is 0. The Morgan fingerprint density at radius 2 is 1.93 bits per heavy atom. The van der Waals surface area contributed by atoms with Gasteiger partial charge in [0.05, 0.1) is 33.0 Å². The Kier molecular flexibility index (Phi) is 13.1. The van der Waals surface area contributed by atoms with Crippen LogP contribution in [0.5, 0.6) is 0 Å². The van der Waals surface area contributed by atoms with Gasteiger partial charge in [0.25, 0.3) is 5.91 Å². The van der Waals surface area contributed by atoms with Gasteiger partial charge < -0.3 is 34.1 Å². The number of hydrogen-bond donors (Lipinski definition) is 2. The van der Waals surface area contributed by atoms with Crippen molar-refractivity contribution in [3.63, 3.8) is 0 Å². The number of aliphatic hydroxyl groups excluding tert-OH is 1. The SMILES string of the molecule is CCO[C@@H]1OC(C(=O)NCCOC)=C[C@H](C(C)C)[C@H]1CCOCCOCCO. The quantitative estimate of drug-likeness (QED) is 0.398. The molecule has 0 saturated carbocycles. The average molecular weight is 404 g/mol. The molecule has 28 heavy (non-hydrogen) atoms. The molecule has 0 aromatic heterocycles. The molecule has 8 nitrogen and oxygen atoms in total. The number of hydrogen-bond acceptors (Lipinski definition) is 7. The summed E-state index contributed by atoms with van der Waals surface area (Å²) in [6.45, 7) is 9.36. The summed E-state index contributed by atoms with van der Waals surface area (Å²) in [7, 11) is 1.59. The zero-order chi connectivity index (χ0) is 20.8. The monoisotopic (exact) mass is 403 g/mol. The summed E-state index contributed by atoms with van der Waals surface area (Å²) in [5, 5.41) is 11.5. The Morgan fingerprint density at radius 1 is 1.21 bits per heavy atom. The maximum absolute atomic E-state index is 12.4. The number of carbonyl (C=O) groups excluding carboxylic acids is 1. The highest BCUT2D eigenvalue weighted by molar-refractivity contribution is 5.91. The molecule has 0 spiro atoms. The molecule has 164 valence electrons. The van der Waals surface area contributed by atoms with Crippen molar-refractivity contribution in [2.24, 2.45) is 17.8 Å². The lowest BCUT2D eigenvalue weighted by Gasteiger charge is -2.38. The maximum atomic E-state index is 12.4. The van der Waals surface area contributed by atoms with E-state index >= 15 is 0 Å². The predicted molar refractivity (Wildman–Crippen MR) is 105 cm³/mol. The Bertz CT molecular complexity index is 456. The number of ether oxygens (including phenoxy) is 5. The molecule has 0 aromatic rings. The van der Waals surface area contributed by atoms with Crippen molar-refractivity contribution >= 4 is 5.91 Å². The van der Waals surface area contributed by atoms with Crippen LogP contribution in [0, 0.1) is 17.8 Å². The molecule has 3 atom stereocenters. The van der Waals surface area contributed by atoms with Gasteiger partial charge in [-0.15, -0.1) is 0 Å². The first-order valence-corrected chi connectivity index (χ1v) is 10.1. The van der Waals surface area contributed by atoms with E-state index in [1.165, 1.54) is 0 Å². The van der Waals surface area contributed by atoms with Gasteiger partial charge in [0.1, 0.15) is 0 Å². The number of nitrogens with one attached hydrogen (secondary N) is 1. The fraction of sp³-hybridized carbons (Fsp3) is 0.850. The summed E-state index contributed by atoms with van der Waals surface area (Å²) in [5.74, 6) is 0.619. The van der Waals surface area contributed by atoms with Crippen LogP contribution in [0.1, 0.15) is 27.2 Å². The molecule has 1 heterocycles. The van der Waals surface area contributed by atoms with Crippen LogP contribution in [-0.4, -0.2) is 77.2 Å². The lowest BCUT2D eigenvalue weighted by molar-refractivity contribution is -0.177. The minimum Gasteiger partial charge on any atom is -0.459 e. The summed E-state index contributed by atoms with van der Waals surface area (Å²) < 4.78 is 27.5. The molecule has 2 N–H and O–H groups in total. The summed E-state index contributed by atoms with van der Waals surface area (Å²) in [6.07, 6.45) is 2.18. The van der Waals surface area contributed by atoms with E-state index in [9.17, 15) is 4.79 Å². The molecule has 0 fully saturated rings. The van der Waals surface area contributed by atoms with Crippen LogP contribution >= 0.6 is 0 Å². The lowest BCUT2D eigenvalue weighted by Crippen LogP contribution is -2.42. The van der Waals surface area contributed by atoms with Crippen molar-refractivity contribution in [1.82, 2.24) is 5.32 Å². The van der Waals surface area contributed by atoms with Crippen LogP contribution in [0.15, 0.2) is 11.8 Å². The van der Waals surface area contributed by atoms with E-state index < -0.39 is 6.29 Å². The normalized spacial score (nSPS) is 22.1. The molecular formula is C20H37NO7. The van der Waals surface area contributed by atoms with Gasteiger partial charge in [0, 0.05) is 32.8 Å². The molecule has 1 aliphatic rings. The smallest absolute Gasteiger partial charge is 0.286 e. The van der Waals surface area contributed by atoms with E-state index in [2.05, 4.69) is 19.2 Å². The number of rotatable bonds is 15. The third kappa shape index (κ3) is 8.87. The van der Waals surface area contributed by atoms with Crippen molar-refractivity contribution in [2.75, 3.05) is 59.9 Å². The van der Waals surface area contributed by atoms with E-state index in [1.54, 1.807) is 7.11 Å². The minimum absolute atomic E-state index is 0.0131. The molecule has 0 radical (unpaired) electrons. The van der Waals surface area contributed by atoms with E-state index in [-0.39, 0.29) is 24.3 Å². The molecule has 0 bridgehead atoms. The van der Waals surface area contributed by atoms with Crippen LogP contribution in [-0.2, 0) is 28.5 Å². The molecule has 0 unspecified atom stereocenters. The van der Waals surface area contributed by atoms with Crippen LogP contribution < -0.4 is 5.32 Å². The van der Waals surface area contributed by atoms with Crippen molar-refractivity contribution in [1.29, 1.82) is 0 Å². The molecule has 0 saturated heterocycles. The predicted octanol–water partition coefficient (Wildman–Crippen LogP) is 1.33. The lowest BCUT2D eigenvalue weighted by atomic mass is 9.79. The third-order valence-electron chi connectivity index (χ3n) is 4.55. The van der Waals surface area contributed by atoms with E-state index in [0.717, 1.165) is 6.42 Å². The first-order chi connectivity index (χ1) is 13.5. The van der Waals surface area contributed by atoms with Crippen LogP contribution in [0.3, 0.4) is 0 Å². The van der Waals surface area contributed by atoms with Crippen molar-refractivity contribution in [3.8, 4) is 0 Å². The third-order valence-corrected chi connectivity index (χ3v) is 4.55. The molecule has 1 amide bonds. The second-order valence-electron chi connectivity index (χ2n) is 6.94. The standard InChI is InChI=1S/C20H37NO7/c1-5-27-20-16(6-9-25-12-13-26-11-8-22)17(15(2)3)14-18(28-20)19(23)21-7-10-24-4/h14-17,20,22H,5-13H2,1-4H3,(H,21,23)/t16-,17-,20-/m1/s1. The summed E-state index contributed by atoms with van der Waals surface area (Å²) in [5.41, 5.74) is 0. The average Bonchev–Trinajstić information content (AvgIpc) is 2.68. The first-order valence-electron chi connectivity index (χ1n) is 10.1. The first kappa shape index (κ1) is 24.8.